The highest BCUT2D eigenvalue weighted by Crippen LogP contribution is 2.30. The molecule has 1 aliphatic rings. The van der Waals surface area contributed by atoms with E-state index in [-0.39, 0.29) is 22.9 Å². The number of nitrogens with one attached hydrogen (secondary N) is 1. The van der Waals surface area contributed by atoms with Crippen LogP contribution in [0.15, 0.2) is 36.4 Å². The largest absolute Gasteiger partial charge is 0.347 e. The molecule has 5 nitrogen and oxygen atoms in total. The third-order valence-corrected chi connectivity index (χ3v) is 4.39. The lowest BCUT2D eigenvalue weighted by atomic mass is 10.0. The standard InChI is InChI=1S/C21H22N2O3/c1-12-6-8-15(10-13(12)2)23-19(25)16-9-7-14(11-17(16)20(23)26)18(24)22-21(3,4)5/h6-11H,1-5H3,(H,22,24). The van der Waals surface area contributed by atoms with Crippen molar-refractivity contribution in [3.63, 3.8) is 0 Å². The van der Waals surface area contributed by atoms with E-state index < -0.39 is 5.91 Å². The van der Waals surface area contributed by atoms with E-state index in [1.807, 2.05) is 46.8 Å². The third-order valence-electron chi connectivity index (χ3n) is 4.39. The zero-order valence-corrected chi connectivity index (χ0v) is 15.6. The number of imide groups is 1. The molecule has 3 amide bonds. The van der Waals surface area contributed by atoms with Crippen molar-refractivity contribution in [3.05, 3.63) is 64.2 Å². The van der Waals surface area contributed by atoms with Crippen molar-refractivity contribution in [1.82, 2.24) is 5.32 Å². The van der Waals surface area contributed by atoms with E-state index in [4.69, 9.17) is 0 Å². The van der Waals surface area contributed by atoms with E-state index in [2.05, 4.69) is 5.32 Å². The number of benzene rings is 2. The van der Waals surface area contributed by atoms with E-state index in [1.165, 1.54) is 11.0 Å². The van der Waals surface area contributed by atoms with Gasteiger partial charge in [0.25, 0.3) is 17.7 Å². The maximum absolute atomic E-state index is 12.8. The molecule has 0 aliphatic carbocycles. The number of carbonyl (C=O) groups excluding carboxylic acids is 3. The number of hydrogen-bond donors (Lipinski definition) is 1. The number of carbonyl (C=O) groups is 3. The van der Waals surface area contributed by atoms with E-state index in [9.17, 15) is 14.4 Å². The first-order valence-electron chi connectivity index (χ1n) is 8.51. The molecule has 0 atom stereocenters. The first kappa shape index (κ1) is 17.9. The minimum absolute atomic E-state index is 0.259. The second-order valence-corrected chi connectivity index (χ2v) is 7.68. The predicted molar refractivity (Wildman–Crippen MR) is 101 cm³/mol. The fourth-order valence-corrected chi connectivity index (χ4v) is 2.89. The predicted octanol–water partition coefficient (Wildman–Crippen LogP) is 3.63. The number of aryl methyl sites for hydroxylation is 2. The molecule has 3 rings (SSSR count). The first-order chi connectivity index (χ1) is 12.1. The van der Waals surface area contributed by atoms with Gasteiger partial charge in [0.05, 0.1) is 16.8 Å². The van der Waals surface area contributed by atoms with E-state index in [0.717, 1.165) is 11.1 Å². The minimum Gasteiger partial charge on any atom is -0.347 e. The van der Waals surface area contributed by atoms with Gasteiger partial charge >= 0.3 is 0 Å². The van der Waals surface area contributed by atoms with E-state index in [1.54, 1.807) is 18.2 Å². The fourth-order valence-electron chi connectivity index (χ4n) is 2.89. The molecule has 0 saturated carbocycles. The lowest BCUT2D eigenvalue weighted by molar-refractivity contribution is 0.0912. The second kappa shape index (κ2) is 6.09. The van der Waals surface area contributed by atoms with Crippen molar-refractivity contribution < 1.29 is 14.4 Å². The first-order valence-corrected chi connectivity index (χ1v) is 8.51. The number of fused-ring (bicyclic) bond motifs is 1. The SMILES string of the molecule is Cc1ccc(N2C(=O)c3ccc(C(=O)NC(C)(C)C)cc3C2=O)cc1C. The van der Waals surface area contributed by atoms with Gasteiger partial charge in [-0.3, -0.25) is 14.4 Å². The lowest BCUT2D eigenvalue weighted by Crippen LogP contribution is -2.40. The Bertz CT molecular complexity index is 939. The van der Waals surface area contributed by atoms with Crippen LogP contribution in [0.4, 0.5) is 5.69 Å². The Morgan fingerprint density at radius 2 is 1.54 bits per heavy atom. The van der Waals surface area contributed by atoms with Gasteiger partial charge in [-0.25, -0.2) is 4.90 Å². The molecule has 1 heterocycles. The summed E-state index contributed by atoms with van der Waals surface area (Å²) in [6, 6.07) is 10.1. The Labute approximate surface area is 153 Å². The summed E-state index contributed by atoms with van der Waals surface area (Å²) in [4.78, 5) is 39.1. The van der Waals surface area contributed by atoms with Crippen molar-refractivity contribution in [2.75, 3.05) is 4.90 Å². The van der Waals surface area contributed by atoms with Crippen LogP contribution in [0.2, 0.25) is 0 Å². The van der Waals surface area contributed by atoms with Crippen molar-refractivity contribution >= 4 is 23.4 Å². The summed E-state index contributed by atoms with van der Waals surface area (Å²) in [5, 5.41) is 2.86. The van der Waals surface area contributed by atoms with Crippen molar-refractivity contribution in [2.24, 2.45) is 0 Å². The van der Waals surface area contributed by atoms with Gasteiger partial charge in [0.2, 0.25) is 0 Å². The van der Waals surface area contributed by atoms with Crippen molar-refractivity contribution in [1.29, 1.82) is 0 Å². The zero-order valence-electron chi connectivity index (χ0n) is 15.6. The summed E-state index contributed by atoms with van der Waals surface area (Å²) in [5.41, 5.74) is 3.19. The monoisotopic (exact) mass is 350 g/mol. The zero-order chi connectivity index (χ0) is 19.2. The topological polar surface area (TPSA) is 66.5 Å². The molecular weight excluding hydrogens is 328 g/mol. The maximum atomic E-state index is 12.8. The average Bonchev–Trinajstić information content (AvgIpc) is 2.79. The highest BCUT2D eigenvalue weighted by Gasteiger charge is 2.37. The fraction of sp³-hybridized carbons (Fsp3) is 0.286. The quantitative estimate of drug-likeness (QED) is 0.841. The third kappa shape index (κ3) is 3.12. The highest BCUT2D eigenvalue weighted by atomic mass is 16.2. The van der Waals surface area contributed by atoms with Gasteiger partial charge < -0.3 is 5.32 Å². The van der Waals surface area contributed by atoms with Crippen LogP contribution in [0, 0.1) is 13.8 Å². The van der Waals surface area contributed by atoms with Crippen LogP contribution in [0.3, 0.4) is 0 Å². The summed E-state index contributed by atoms with van der Waals surface area (Å²) in [6.45, 7) is 9.56. The molecule has 5 heteroatoms. The molecule has 2 aromatic carbocycles. The van der Waals surface area contributed by atoms with Crippen molar-refractivity contribution in [2.45, 2.75) is 40.2 Å². The number of nitrogens with zero attached hydrogens (tertiary/aromatic N) is 1. The lowest BCUT2D eigenvalue weighted by Gasteiger charge is -2.20. The van der Waals surface area contributed by atoms with Gasteiger partial charge in [0.1, 0.15) is 0 Å². The van der Waals surface area contributed by atoms with Gasteiger partial charge in [0.15, 0.2) is 0 Å². The second-order valence-electron chi connectivity index (χ2n) is 7.68. The molecule has 0 radical (unpaired) electrons. The van der Waals surface area contributed by atoms with Crippen LogP contribution >= 0.6 is 0 Å². The number of hydrogen-bond acceptors (Lipinski definition) is 3. The van der Waals surface area contributed by atoms with Gasteiger partial charge in [-0.1, -0.05) is 6.07 Å². The molecule has 1 N–H and O–H groups in total. The molecule has 0 spiro atoms. The number of anilines is 1. The van der Waals surface area contributed by atoms with Crippen LogP contribution in [0.25, 0.3) is 0 Å². The molecule has 0 bridgehead atoms. The molecule has 0 aromatic heterocycles. The Kier molecular flexibility index (Phi) is 4.18. The normalized spacial score (nSPS) is 13.8. The number of amides is 3. The van der Waals surface area contributed by atoms with Crippen molar-refractivity contribution in [3.8, 4) is 0 Å². The Morgan fingerprint density at radius 3 is 2.15 bits per heavy atom. The Balaban J connectivity index is 1.97. The smallest absolute Gasteiger partial charge is 0.266 e. The van der Waals surface area contributed by atoms with E-state index in [0.29, 0.717) is 16.8 Å². The van der Waals surface area contributed by atoms with Crippen LogP contribution < -0.4 is 10.2 Å². The average molecular weight is 350 g/mol. The van der Waals surface area contributed by atoms with Gasteiger partial charge in [-0.05, 0) is 76.1 Å². The highest BCUT2D eigenvalue weighted by molar-refractivity contribution is 6.34. The van der Waals surface area contributed by atoms with Crippen LogP contribution in [-0.2, 0) is 0 Å². The summed E-state index contributed by atoms with van der Waals surface area (Å²) in [5.74, 6) is -1.04. The molecule has 0 saturated heterocycles. The summed E-state index contributed by atoms with van der Waals surface area (Å²) in [6.07, 6.45) is 0. The van der Waals surface area contributed by atoms with Gasteiger partial charge in [-0.15, -0.1) is 0 Å². The Morgan fingerprint density at radius 1 is 0.885 bits per heavy atom. The van der Waals surface area contributed by atoms with Crippen LogP contribution in [-0.4, -0.2) is 23.3 Å². The molecule has 26 heavy (non-hydrogen) atoms. The molecule has 2 aromatic rings. The minimum atomic E-state index is -0.404. The van der Waals surface area contributed by atoms with Gasteiger partial charge in [-0.2, -0.15) is 0 Å². The van der Waals surface area contributed by atoms with Crippen LogP contribution in [0.1, 0.15) is 63.0 Å². The Hall–Kier alpha value is -2.95. The van der Waals surface area contributed by atoms with Crippen LogP contribution in [0.5, 0.6) is 0 Å². The molecule has 0 fully saturated rings. The summed E-state index contributed by atoms with van der Waals surface area (Å²) < 4.78 is 0. The summed E-state index contributed by atoms with van der Waals surface area (Å²) in [7, 11) is 0. The maximum Gasteiger partial charge on any atom is 0.266 e. The van der Waals surface area contributed by atoms with Gasteiger partial charge in [0, 0.05) is 11.1 Å². The molecule has 1 aliphatic heterocycles. The molecule has 134 valence electrons. The van der Waals surface area contributed by atoms with E-state index >= 15 is 0 Å². The summed E-state index contributed by atoms with van der Waals surface area (Å²) >= 11 is 0. The molecule has 0 unspecified atom stereocenters. The number of rotatable bonds is 2. The molecular formula is C21H22N2O3.